The molecule has 0 bridgehead atoms. The molecular weight excluding hydrogens is 255 g/mol. The van der Waals surface area contributed by atoms with E-state index in [1.54, 1.807) is 30.3 Å². The number of carbonyl (C=O) groups excluding carboxylic acids is 1. The van der Waals surface area contributed by atoms with Crippen molar-refractivity contribution in [2.24, 2.45) is 0 Å². The molecule has 18 heavy (non-hydrogen) atoms. The number of benzene rings is 2. The predicted octanol–water partition coefficient (Wildman–Crippen LogP) is 4.07. The minimum Gasteiger partial charge on any atom is -0.427 e. The van der Waals surface area contributed by atoms with Crippen LogP contribution in [-0.2, 0) is 4.79 Å². The van der Waals surface area contributed by atoms with Crippen LogP contribution in [0.5, 0.6) is 5.75 Å². The first kappa shape index (κ1) is 12.6. The lowest BCUT2D eigenvalue weighted by molar-refractivity contribution is -0.131. The molecule has 92 valence electrons. The minimum absolute atomic E-state index is 0.322. The van der Waals surface area contributed by atoms with Crippen LogP contribution >= 0.6 is 11.6 Å². The van der Waals surface area contributed by atoms with Crippen molar-refractivity contribution >= 4 is 17.6 Å². The maximum atomic E-state index is 13.3. The van der Waals surface area contributed by atoms with E-state index in [0.29, 0.717) is 16.3 Å². The Balaban J connectivity index is 2.41. The van der Waals surface area contributed by atoms with E-state index in [9.17, 15) is 9.18 Å². The first-order valence-corrected chi connectivity index (χ1v) is 5.67. The molecule has 0 spiro atoms. The van der Waals surface area contributed by atoms with E-state index in [4.69, 9.17) is 16.3 Å². The van der Waals surface area contributed by atoms with Crippen molar-refractivity contribution in [1.29, 1.82) is 0 Å². The van der Waals surface area contributed by atoms with E-state index in [2.05, 4.69) is 0 Å². The molecule has 0 aliphatic rings. The van der Waals surface area contributed by atoms with Gasteiger partial charge in [0.2, 0.25) is 0 Å². The molecule has 2 aromatic carbocycles. The fourth-order valence-corrected chi connectivity index (χ4v) is 1.85. The van der Waals surface area contributed by atoms with Gasteiger partial charge < -0.3 is 4.74 Å². The van der Waals surface area contributed by atoms with Gasteiger partial charge in [-0.25, -0.2) is 4.39 Å². The Hall–Kier alpha value is -1.87. The van der Waals surface area contributed by atoms with Crippen molar-refractivity contribution in [3.05, 3.63) is 53.3 Å². The summed E-state index contributed by atoms with van der Waals surface area (Å²) >= 11 is 5.80. The van der Waals surface area contributed by atoms with Crippen LogP contribution in [0, 0.1) is 5.82 Å². The number of hydrogen-bond donors (Lipinski definition) is 0. The van der Waals surface area contributed by atoms with Gasteiger partial charge >= 0.3 is 5.97 Å². The molecule has 0 N–H and O–H groups in total. The summed E-state index contributed by atoms with van der Waals surface area (Å²) in [5.41, 5.74) is 1.36. The first-order valence-electron chi connectivity index (χ1n) is 5.29. The quantitative estimate of drug-likeness (QED) is 0.604. The first-order chi connectivity index (χ1) is 8.54. The van der Waals surface area contributed by atoms with E-state index >= 15 is 0 Å². The van der Waals surface area contributed by atoms with E-state index in [0.717, 1.165) is 5.56 Å². The zero-order chi connectivity index (χ0) is 13.1. The molecule has 2 nitrogen and oxygen atoms in total. The van der Waals surface area contributed by atoms with E-state index < -0.39 is 11.8 Å². The maximum Gasteiger partial charge on any atom is 0.308 e. The molecule has 2 rings (SSSR count). The number of halogens is 2. The van der Waals surface area contributed by atoms with Crippen molar-refractivity contribution in [2.75, 3.05) is 0 Å². The third-order valence-corrected chi connectivity index (χ3v) is 2.51. The molecule has 0 saturated carbocycles. The van der Waals surface area contributed by atoms with Crippen molar-refractivity contribution in [2.45, 2.75) is 6.92 Å². The van der Waals surface area contributed by atoms with E-state index in [1.165, 1.54) is 19.1 Å². The number of esters is 1. The zero-order valence-corrected chi connectivity index (χ0v) is 10.4. The van der Waals surface area contributed by atoms with Gasteiger partial charge in [-0.3, -0.25) is 4.79 Å². The van der Waals surface area contributed by atoms with Gasteiger partial charge in [0, 0.05) is 11.9 Å². The second-order valence-electron chi connectivity index (χ2n) is 3.78. The molecular formula is C14H10ClFO2. The molecule has 0 aromatic heterocycles. The third kappa shape index (κ3) is 3.08. The summed E-state index contributed by atoms with van der Waals surface area (Å²) in [6.45, 7) is 1.33. The van der Waals surface area contributed by atoms with Crippen LogP contribution in [0.1, 0.15) is 6.92 Å². The van der Waals surface area contributed by atoms with Gasteiger partial charge in [0.05, 0.1) is 0 Å². The highest BCUT2D eigenvalue weighted by molar-refractivity contribution is 6.30. The SMILES string of the molecule is CC(=O)Oc1cccc(-c2cc(F)cc(Cl)c2)c1. The molecule has 0 heterocycles. The lowest BCUT2D eigenvalue weighted by atomic mass is 10.1. The zero-order valence-electron chi connectivity index (χ0n) is 9.61. The molecule has 0 saturated heterocycles. The van der Waals surface area contributed by atoms with Crippen LogP contribution in [0.15, 0.2) is 42.5 Å². The maximum absolute atomic E-state index is 13.3. The predicted molar refractivity (Wildman–Crippen MR) is 68.2 cm³/mol. The average Bonchev–Trinajstić information content (AvgIpc) is 2.27. The molecule has 2 aromatic rings. The highest BCUT2D eigenvalue weighted by atomic mass is 35.5. The topological polar surface area (TPSA) is 26.3 Å². The highest BCUT2D eigenvalue weighted by Crippen LogP contribution is 2.27. The Morgan fingerprint density at radius 1 is 1.17 bits per heavy atom. The van der Waals surface area contributed by atoms with Crippen LogP contribution < -0.4 is 4.74 Å². The van der Waals surface area contributed by atoms with Gasteiger partial charge in [0.15, 0.2) is 0 Å². The van der Waals surface area contributed by atoms with Crippen molar-refractivity contribution in [3.8, 4) is 16.9 Å². The Morgan fingerprint density at radius 3 is 2.61 bits per heavy atom. The van der Waals surface area contributed by atoms with Crippen LogP contribution in [0.2, 0.25) is 5.02 Å². The Morgan fingerprint density at radius 2 is 1.94 bits per heavy atom. The van der Waals surface area contributed by atoms with Gasteiger partial charge in [-0.15, -0.1) is 0 Å². The number of hydrogen-bond acceptors (Lipinski definition) is 2. The number of ether oxygens (including phenoxy) is 1. The summed E-state index contributed by atoms with van der Waals surface area (Å²) in [6, 6.07) is 11.1. The minimum atomic E-state index is -0.407. The van der Waals surface area contributed by atoms with Crippen molar-refractivity contribution < 1.29 is 13.9 Å². The normalized spacial score (nSPS) is 10.2. The van der Waals surface area contributed by atoms with Crippen molar-refractivity contribution in [3.63, 3.8) is 0 Å². The largest absolute Gasteiger partial charge is 0.427 e. The molecule has 0 aliphatic heterocycles. The average molecular weight is 265 g/mol. The second kappa shape index (κ2) is 5.19. The van der Waals surface area contributed by atoms with Gasteiger partial charge in [-0.05, 0) is 41.5 Å². The molecule has 0 fully saturated rings. The number of carbonyl (C=O) groups is 1. The summed E-state index contributed by atoms with van der Waals surface area (Å²) in [7, 11) is 0. The molecule has 0 unspecified atom stereocenters. The van der Waals surface area contributed by atoms with E-state index in [1.807, 2.05) is 0 Å². The van der Waals surface area contributed by atoms with Crippen molar-refractivity contribution in [1.82, 2.24) is 0 Å². The Bertz CT molecular complexity index is 576. The fourth-order valence-electron chi connectivity index (χ4n) is 1.63. The standard InChI is InChI=1S/C14H10ClFO2/c1-9(17)18-14-4-2-3-10(7-14)11-5-12(15)8-13(16)6-11/h2-8H,1H3. The molecule has 4 heteroatoms. The molecule has 0 aliphatic carbocycles. The smallest absolute Gasteiger partial charge is 0.308 e. The van der Waals surface area contributed by atoms with E-state index in [-0.39, 0.29) is 0 Å². The molecule has 0 atom stereocenters. The summed E-state index contributed by atoms with van der Waals surface area (Å²) in [6.07, 6.45) is 0. The van der Waals surface area contributed by atoms with Gasteiger partial charge in [0.25, 0.3) is 0 Å². The summed E-state index contributed by atoms with van der Waals surface area (Å²) in [5.74, 6) is -0.389. The van der Waals surface area contributed by atoms with Crippen LogP contribution in [0.3, 0.4) is 0 Å². The van der Waals surface area contributed by atoms with Gasteiger partial charge in [0.1, 0.15) is 11.6 Å². The molecule has 0 radical (unpaired) electrons. The Labute approximate surface area is 109 Å². The number of rotatable bonds is 2. The third-order valence-electron chi connectivity index (χ3n) is 2.29. The second-order valence-corrected chi connectivity index (χ2v) is 4.22. The van der Waals surface area contributed by atoms with Gasteiger partial charge in [-0.2, -0.15) is 0 Å². The highest BCUT2D eigenvalue weighted by Gasteiger charge is 2.04. The van der Waals surface area contributed by atoms with Gasteiger partial charge in [-0.1, -0.05) is 23.7 Å². The monoisotopic (exact) mass is 264 g/mol. The lowest BCUT2D eigenvalue weighted by Crippen LogP contribution is -2.01. The lowest BCUT2D eigenvalue weighted by Gasteiger charge is -2.06. The van der Waals surface area contributed by atoms with Crippen LogP contribution in [0.25, 0.3) is 11.1 Å². The summed E-state index contributed by atoms with van der Waals surface area (Å²) in [4.78, 5) is 10.9. The van der Waals surface area contributed by atoms with Crippen LogP contribution in [0.4, 0.5) is 4.39 Å². The Kier molecular flexibility index (Phi) is 3.63. The molecule has 0 amide bonds. The fraction of sp³-hybridized carbons (Fsp3) is 0.0714. The van der Waals surface area contributed by atoms with Crippen LogP contribution in [-0.4, -0.2) is 5.97 Å². The summed E-state index contributed by atoms with van der Waals surface area (Å²) < 4.78 is 18.2. The summed E-state index contributed by atoms with van der Waals surface area (Å²) in [5, 5.41) is 0.322.